The van der Waals surface area contributed by atoms with Crippen LogP contribution in [0.2, 0.25) is 0 Å². The predicted octanol–water partition coefficient (Wildman–Crippen LogP) is 3.98. The van der Waals surface area contributed by atoms with Crippen molar-refractivity contribution >= 4 is 21.8 Å². The van der Waals surface area contributed by atoms with E-state index < -0.39 is 0 Å². The summed E-state index contributed by atoms with van der Waals surface area (Å²) in [6.45, 7) is 3.77. The highest BCUT2D eigenvalue weighted by molar-refractivity contribution is 9.10. The van der Waals surface area contributed by atoms with E-state index in [1.165, 1.54) is 6.07 Å². The summed E-state index contributed by atoms with van der Waals surface area (Å²) < 4.78 is 25.3. The van der Waals surface area contributed by atoms with Gasteiger partial charge in [0.05, 0.1) is 22.7 Å². The third-order valence-corrected chi connectivity index (χ3v) is 4.27. The van der Waals surface area contributed by atoms with Gasteiger partial charge in [0, 0.05) is 12.1 Å². The smallest absolute Gasteiger partial charge is 0.258 e. The molecule has 0 aliphatic rings. The van der Waals surface area contributed by atoms with Crippen LogP contribution < -0.4 is 14.8 Å². The molecule has 27 heavy (non-hydrogen) atoms. The Morgan fingerprint density at radius 1 is 1.33 bits per heavy atom. The summed E-state index contributed by atoms with van der Waals surface area (Å²) >= 11 is 3.33. The normalized spacial score (nSPS) is 11.4. The molecule has 0 spiro atoms. The summed E-state index contributed by atoms with van der Waals surface area (Å²) in [6, 6.07) is 11.4. The Morgan fingerprint density at radius 3 is 2.74 bits per heavy atom. The van der Waals surface area contributed by atoms with Gasteiger partial charge in [0.1, 0.15) is 5.82 Å². The molecule has 0 saturated carbocycles. The van der Waals surface area contributed by atoms with E-state index in [9.17, 15) is 9.18 Å². The molecule has 142 valence electrons. The molecule has 0 radical (unpaired) electrons. The number of nitriles is 1. The molecule has 2 rings (SSSR count). The van der Waals surface area contributed by atoms with Crippen molar-refractivity contribution in [1.82, 2.24) is 5.32 Å². The van der Waals surface area contributed by atoms with E-state index >= 15 is 0 Å². The third kappa shape index (κ3) is 5.97. The van der Waals surface area contributed by atoms with Gasteiger partial charge >= 0.3 is 0 Å². The molecule has 0 aliphatic carbocycles. The van der Waals surface area contributed by atoms with Gasteiger partial charge in [0.15, 0.2) is 18.1 Å². The quantitative estimate of drug-likeness (QED) is 0.681. The zero-order valence-electron chi connectivity index (χ0n) is 15.1. The minimum atomic E-state index is -0.336. The summed E-state index contributed by atoms with van der Waals surface area (Å²) in [5.41, 5.74) is 0.959. The van der Waals surface area contributed by atoms with Gasteiger partial charge in [-0.25, -0.2) is 4.39 Å². The van der Waals surface area contributed by atoms with Gasteiger partial charge in [0.2, 0.25) is 0 Å². The van der Waals surface area contributed by atoms with Crippen LogP contribution in [0.1, 0.15) is 25.0 Å². The molecule has 1 unspecified atom stereocenters. The largest absolute Gasteiger partial charge is 0.490 e. The van der Waals surface area contributed by atoms with Crippen molar-refractivity contribution in [2.75, 3.05) is 13.2 Å². The molecule has 2 aromatic carbocycles. The predicted molar refractivity (Wildman–Crippen MR) is 103 cm³/mol. The molecule has 0 saturated heterocycles. The lowest BCUT2D eigenvalue weighted by Gasteiger charge is -2.16. The molecule has 5 nitrogen and oxygen atoms in total. The van der Waals surface area contributed by atoms with Crippen LogP contribution in [0.4, 0.5) is 4.39 Å². The number of hydrogen-bond donors (Lipinski definition) is 1. The first-order valence-corrected chi connectivity index (χ1v) is 9.25. The van der Waals surface area contributed by atoms with E-state index in [4.69, 9.17) is 14.7 Å². The standard InChI is InChI=1S/C20H20BrFN2O3/c1-3-26-18-10-14(11-23)9-16(21)20(18)27-12-19(25)24-13(2)8-15-6-4-5-7-17(15)22/h4-7,9-10,13H,3,8,12H2,1-2H3,(H,24,25). The molecule has 0 fully saturated rings. The fourth-order valence-corrected chi connectivity index (χ4v) is 3.09. The van der Waals surface area contributed by atoms with Crippen molar-refractivity contribution in [3.05, 3.63) is 57.8 Å². The summed E-state index contributed by atoms with van der Waals surface area (Å²) in [4.78, 5) is 12.2. The molecule has 7 heteroatoms. The van der Waals surface area contributed by atoms with Gasteiger partial charge in [-0.3, -0.25) is 4.79 Å². The van der Waals surface area contributed by atoms with Crippen molar-refractivity contribution < 1.29 is 18.7 Å². The number of nitrogens with zero attached hydrogens (tertiary/aromatic N) is 1. The summed E-state index contributed by atoms with van der Waals surface area (Å²) in [6.07, 6.45) is 0.378. The van der Waals surface area contributed by atoms with E-state index in [0.29, 0.717) is 40.1 Å². The average Bonchev–Trinajstić information content (AvgIpc) is 2.62. The Hall–Kier alpha value is -2.59. The van der Waals surface area contributed by atoms with E-state index in [-0.39, 0.29) is 24.4 Å². The van der Waals surface area contributed by atoms with Crippen LogP contribution in [0.15, 0.2) is 40.9 Å². The Labute approximate surface area is 166 Å². The van der Waals surface area contributed by atoms with Gasteiger partial charge in [-0.2, -0.15) is 5.26 Å². The molecule has 0 aromatic heterocycles. The van der Waals surface area contributed by atoms with Gasteiger partial charge in [0.25, 0.3) is 5.91 Å². The number of carbonyl (C=O) groups is 1. The Bertz CT molecular complexity index is 852. The highest BCUT2D eigenvalue weighted by atomic mass is 79.9. The maximum absolute atomic E-state index is 13.7. The number of halogens is 2. The van der Waals surface area contributed by atoms with E-state index in [0.717, 1.165) is 0 Å². The molecular weight excluding hydrogens is 415 g/mol. The summed E-state index contributed by atoms with van der Waals surface area (Å²) in [7, 11) is 0. The first-order valence-electron chi connectivity index (χ1n) is 8.46. The molecule has 0 aliphatic heterocycles. The number of rotatable bonds is 8. The number of carbonyl (C=O) groups excluding carboxylic acids is 1. The van der Waals surface area contributed by atoms with Crippen LogP contribution in [-0.4, -0.2) is 25.2 Å². The lowest BCUT2D eigenvalue weighted by atomic mass is 10.1. The zero-order chi connectivity index (χ0) is 19.8. The van der Waals surface area contributed by atoms with Gasteiger partial charge in [-0.15, -0.1) is 0 Å². The van der Waals surface area contributed by atoms with Gasteiger partial charge < -0.3 is 14.8 Å². The van der Waals surface area contributed by atoms with E-state index in [2.05, 4.69) is 21.2 Å². The van der Waals surface area contributed by atoms with Crippen molar-refractivity contribution in [1.29, 1.82) is 5.26 Å². The molecule has 1 amide bonds. The van der Waals surface area contributed by atoms with Crippen LogP contribution in [-0.2, 0) is 11.2 Å². The van der Waals surface area contributed by atoms with Crippen molar-refractivity contribution in [3.63, 3.8) is 0 Å². The van der Waals surface area contributed by atoms with E-state index in [1.54, 1.807) is 37.3 Å². The van der Waals surface area contributed by atoms with Crippen LogP contribution in [0.25, 0.3) is 0 Å². The third-order valence-electron chi connectivity index (χ3n) is 3.68. The molecule has 1 N–H and O–H groups in total. The first-order chi connectivity index (χ1) is 12.9. The topological polar surface area (TPSA) is 71.3 Å². The lowest BCUT2D eigenvalue weighted by molar-refractivity contribution is -0.123. The molecule has 2 aromatic rings. The fraction of sp³-hybridized carbons (Fsp3) is 0.300. The molecule has 0 heterocycles. The lowest BCUT2D eigenvalue weighted by Crippen LogP contribution is -2.37. The second-order valence-corrected chi connectivity index (χ2v) is 6.74. The minimum absolute atomic E-state index is 0.230. The van der Waals surface area contributed by atoms with Gasteiger partial charge in [-0.1, -0.05) is 18.2 Å². The Balaban J connectivity index is 1.97. The van der Waals surface area contributed by atoms with Crippen LogP contribution in [0.3, 0.4) is 0 Å². The van der Waals surface area contributed by atoms with Crippen molar-refractivity contribution in [2.45, 2.75) is 26.3 Å². The minimum Gasteiger partial charge on any atom is -0.490 e. The average molecular weight is 435 g/mol. The summed E-state index contributed by atoms with van der Waals surface area (Å²) in [5.74, 6) is 0.110. The zero-order valence-corrected chi connectivity index (χ0v) is 16.7. The number of benzene rings is 2. The number of ether oxygens (including phenoxy) is 2. The monoisotopic (exact) mass is 434 g/mol. The fourth-order valence-electron chi connectivity index (χ4n) is 2.53. The summed E-state index contributed by atoms with van der Waals surface area (Å²) in [5, 5.41) is 11.8. The molecule has 0 bridgehead atoms. The number of nitrogens with one attached hydrogen (secondary N) is 1. The number of amides is 1. The van der Waals surface area contributed by atoms with Crippen LogP contribution >= 0.6 is 15.9 Å². The number of hydrogen-bond acceptors (Lipinski definition) is 4. The van der Waals surface area contributed by atoms with Gasteiger partial charge in [-0.05, 0) is 53.9 Å². The van der Waals surface area contributed by atoms with Crippen molar-refractivity contribution in [3.8, 4) is 17.6 Å². The first kappa shape index (κ1) is 20.7. The Morgan fingerprint density at radius 2 is 2.07 bits per heavy atom. The van der Waals surface area contributed by atoms with E-state index in [1.807, 2.05) is 13.0 Å². The van der Waals surface area contributed by atoms with Crippen LogP contribution in [0, 0.1) is 17.1 Å². The van der Waals surface area contributed by atoms with Crippen molar-refractivity contribution in [2.24, 2.45) is 0 Å². The molecular formula is C20H20BrFN2O3. The maximum atomic E-state index is 13.7. The maximum Gasteiger partial charge on any atom is 0.258 e. The SMILES string of the molecule is CCOc1cc(C#N)cc(Br)c1OCC(=O)NC(C)Cc1ccccc1F. The molecule has 1 atom stereocenters. The highest BCUT2D eigenvalue weighted by Gasteiger charge is 2.15. The Kier molecular flexibility index (Phi) is 7.62. The second-order valence-electron chi connectivity index (χ2n) is 5.88. The van der Waals surface area contributed by atoms with Crippen LogP contribution in [0.5, 0.6) is 11.5 Å². The highest BCUT2D eigenvalue weighted by Crippen LogP contribution is 2.36. The second kappa shape index (κ2) is 9.93.